The topological polar surface area (TPSA) is 81.5 Å². The van der Waals surface area contributed by atoms with E-state index in [9.17, 15) is 9.59 Å². The molecule has 2 amide bonds. The van der Waals surface area contributed by atoms with Gasteiger partial charge >= 0.3 is 0 Å². The Morgan fingerprint density at radius 2 is 1.85 bits per heavy atom. The Morgan fingerprint density at radius 1 is 1.03 bits per heavy atom. The number of rotatable bonds is 9. The standard InChI is InChI=1S/C26H34N2O6/c1-26(2,3)13-24(29)28(16-21-7-5-11-32-21)17-25(30)27(15-20-6-4-10-31-20)14-19-8-9-22-23(12-19)34-18-33-22/h4,6,8-10,12,21H,5,7,11,13-18H2,1-3H3. The van der Waals surface area contributed by atoms with Gasteiger partial charge in [-0.15, -0.1) is 0 Å². The second-order valence-electron chi connectivity index (χ2n) is 10.2. The number of fused-ring (bicyclic) bond motifs is 1. The number of hydrogen-bond donors (Lipinski definition) is 0. The second-order valence-corrected chi connectivity index (χ2v) is 10.2. The fourth-order valence-corrected chi connectivity index (χ4v) is 4.20. The molecule has 1 fully saturated rings. The zero-order chi connectivity index (χ0) is 24.1. The van der Waals surface area contributed by atoms with Gasteiger partial charge in [-0.1, -0.05) is 26.8 Å². The number of benzene rings is 1. The van der Waals surface area contributed by atoms with Gasteiger partial charge in [0.15, 0.2) is 11.5 Å². The molecule has 0 N–H and O–H groups in total. The molecule has 0 bridgehead atoms. The zero-order valence-electron chi connectivity index (χ0n) is 20.2. The van der Waals surface area contributed by atoms with Gasteiger partial charge < -0.3 is 28.4 Å². The Labute approximate surface area is 200 Å². The maximum Gasteiger partial charge on any atom is 0.242 e. The third kappa shape index (κ3) is 6.53. The van der Waals surface area contributed by atoms with Crippen molar-refractivity contribution in [3.8, 4) is 11.5 Å². The molecule has 2 aliphatic heterocycles. The lowest BCUT2D eigenvalue weighted by atomic mass is 9.91. The van der Waals surface area contributed by atoms with Crippen molar-refractivity contribution in [2.45, 2.75) is 59.2 Å². The highest BCUT2D eigenvalue weighted by atomic mass is 16.7. The third-order valence-corrected chi connectivity index (χ3v) is 5.90. The summed E-state index contributed by atoms with van der Waals surface area (Å²) in [5.41, 5.74) is 0.741. The predicted octanol–water partition coefficient (Wildman–Crippen LogP) is 3.98. The van der Waals surface area contributed by atoms with Crippen molar-refractivity contribution in [1.29, 1.82) is 0 Å². The molecular weight excluding hydrogens is 436 g/mol. The maximum atomic E-state index is 13.6. The molecule has 2 aromatic rings. The molecule has 8 nitrogen and oxygen atoms in total. The molecule has 3 heterocycles. The van der Waals surface area contributed by atoms with Crippen molar-refractivity contribution in [3.63, 3.8) is 0 Å². The number of nitrogens with zero attached hydrogens (tertiary/aromatic N) is 2. The average molecular weight is 471 g/mol. The molecule has 1 aromatic heterocycles. The molecule has 0 radical (unpaired) electrons. The van der Waals surface area contributed by atoms with Crippen molar-refractivity contribution >= 4 is 11.8 Å². The molecule has 4 rings (SSSR count). The Bertz CT molecular complexity index is 976. The van der Waals surface area contributed by atoms with Gasteiger partial charge in [-0.3, -0.25) is 9.59 Å². The Kier molecular flexibility index (Phi) is 7.46. The van der Waals surface area contributed by atoms with Gasteiger partial charge in [-0.05, 0) is 48.1 Å². The van der Waals surface area contributed by atoms with E-state index in [1.54, 1.807) is 22.1 Å². The molecule has 2 aliphatic rings. The van der Waals surface area contributed by atoms with Crippen LogP contribution >= 0.6 is 0 Å². The summed E-state index contributed by atoms with van der Waals surface area (Å²) in [4.78, 5) is 30.1. The van der Waals surface area contributed by atoms with E-state index < -0.39 is 0 Å². The van der Waals surface area contributed by atoms with E-state index in [4.69, 9.17) is 18.6 Å². The molecule has 184 valence electrons. The number of ether oxygens (including phenoxy) is 3. The zero-order valence-corrected chi connectivity index (χ0v) is 20.2. The van der Waals surface area contributed by atoms with Crippen LogP contribution in [0.15, 0.2) is 41.0 Å². The van der Waals surface area contributed by atoms with Crippen LogP contribution < -0.4 is 9.47 Å². The van der Waals surface area contributed by atoms with Gasteiger partial charge in [0, 0.05) is 26.1 Å². The first-order valence-corrected chi connectivity index (χ1v) is 11.8. The molecule has 1 atom stereocenters. The van der Waals surface area contributed by atoms with Crippen molar-refractivity contribution < 1.29 is 28.2 Å². The molecule has 0 spiro atoms. The smallest absolute Gasteiger partial charge is 0.242 e. The molecule has 34 heavy (non-hydrogen) atoms. The fraction of sp³-hybridized carbons (Fsp3) is 0.538. The summed E-state index contributed by atoms with van der Waals surface area (Å²) in [5.74, 6) is 1.87. The monoisotopic (exact) mass is 470 g/mol. The predicted molar refractivity (Wildman–Crippen MR) is 125 cm³/mol. The van der Waals surface area contributed by atoms with Gasteiger partial charge in [-0.25, -0.2) is 0 Å². The first-order valence-electron chi connectivity index (χ1n) is 11.8. The normalized spacial score (nSPS) is 17.1. The van der Waals surface area contributed by atoms with Crippen molar-refractivity contribution in [1.82, 2.24) is 9.80 Å². The lowest BCUT2D eigenvalue weighted by molar-refractivity contribution is -0.143. The molecule has 1 saturated heterocycles. The highest BCUT2D eigenvalue weighted by molar-refractivity contribution is 5.85. The van der Waals surface area contributed by atoms with Gasteiger partial charge in [0.2, 0.25) is 18.6 Å². The molecule has 8 heteroatoms. The van der Waals surface area contributed by atoms with Crippen LogP contribution in [0.2, 0.25) is 0 Å². The summed E-state index contributed by atoms with van der Waals surface area (Å²) in [6, 6.07) is 9.30. The minimum atomic E-state index is -0.171. The summed E-state index contributed by atoms with van der Waals surface area (Å²) in [7, 11) is 0. The minimum absolute atomic E-state index is 0.0000335. The van der Waals surface area contributed by atoms with Gasteiger partial charge in [0.1, 0.15) is 5.76 Å². The van der Waals surface area contributed by atoms with Crippen LogP contribution in [0.5, 0.6) is 11.5 Å². The van der Waals surface area contributed by atoms with Crippen molar-refractivity contribution in [3.05, 3.63) is 47.9 Å². The van der Waals surface area contributed by atoms with E-state index in [0.29, 0.717) is 49.9 Å². The second kappa shape index (κ2) is 10.5. The van der Waals surface area contributed by atoms with Gasteiger partial charge in [0.05, 0.1) is 25.5 Å². The summed E-state index contributed by atoms with van der Waals surface area (Å²) in [6.07, 6.45) is 3.82. The quantitative estimate of drug-likeness (QED) is 0.551. The summed E-state index contributed by atoms with van der Waals surface area (Å²) in [6.45, 7) is 8.08. The minimum Gasteiger partial charge on any atom is -0.467 e. The van der Waals surface area contributed by atoms with E-state index in [0.717, 1.165) is 18.4 Å². The van der Waals surface area contributed by atoms with Crippen molar-refractivity contribution in [2.75, 3.05) is 26.5 Å². The van der Waals surface area contributed by atoms with Crippen LogP contribution in [0.4, 0.5) is 0 Å². The number of furan rings is 1. The number of amides is 2. The Morgan fingerprint density at radius 3 is 2.56 bits per heavy atom. The summed E-state index contributed by atoms with van der Waals surface area (Å²) >= 11 is 0. The van der Waals surface area contributed by atoms with Crippen LogP contribution in [0.1, 0.15) is 51.4 Å². The Hall–Kier alpha value is -3.00. The first-order chi connectivity index (χ1) is 16.3. The van der Waals surface area contributed by atoms with Crippen LogP contribution in [0, 0.1) is 5.41 Å². The van der Waals surface area contributed by atoms with Crippen LogP contribution in [0.3, 0.4) is 0 Å². The van der Waals surface area contributed by atoms with Gasteiger partial charge in [0.25, 0.3) is 0 Å². The van der Waals surface area contributed by atoms with E-state index in [2.05, 4.69) is 0 Å². The first kappa shape index (κ1) is 24.1. The van der Waals surface area contributed by atoms with E-state index in [-0.39, 0.29) is 36.7 Å². The van der Waals surface area contributed by atoms with E-state index in [1.807, 2.05) is 45.0 Å². The third-order valence-electron chi connectivity index (χ3n) is 5.90. The van der Waals surface area contributed by atoms with E-state index in [1.165, 1.54) is 0 Å². The summed E-state index contributed by atoms with van der Waals surface area (Å²) < 4.78 is 22.2. The number of carbonyl (C=O) groups is 2. The molecule has 0 saturated carbocycles. The van der Waals surface area contributed by atoms with Crippen molar-refractivity contribution in [2.24, 2.45) is 5.41 Å². The lowest BCUT2D eigenvalue weighted by Crippen LogP contribution is -2.46. The lowest BCUT2D eigenvalue weighted by Gasteiger charge is -2.30. The Balaban J connectivity index is 1.50. The summed E-state index contributed by atoms with van der Waals surface area (Å²) in [5, 5.41) is 0. The number of carbonyl (C=O) groups excluding carboxylic acids is 2. The molecule has 1 aromatic carbocycles. The van der Waals surface area contributed by atoms with Gasteiger partial charge in [-0.2, -0.15) is 0 Å². The fourth-order valence-electron chi connectivity index (χ4n) is 4.20. The number of hydrogen-bond acceptors (Lipinski definition) is 6. The average Bonchev–Trinajstić information content (AvgIpc) is 3.54. The largest absolute Gasteiger partial charge is 0.467 e. The van der Waals surface area contributed by atoms with Crippen LogP contribution in [-0.4, -0.2) is 54.2 Å². The maximum absolute atomic E-state index is 13.6. The molecular formula is C26H34N2O6. The SMILES string of the molecule is CC(C)(C)CC(=O)N(CC(=O)N(Cc1ccc2c(c1)OCO2)Cc1ccco1)CC1CCCO1. The molecule has 1 unspecified atom stereocenters. The molecule has 0 aliphatic carbocycles. The van der Waals surface area contributed by atoms with Crippen LogP contribution in [-0.2, 0) is 27.4 Å². The van der Waals surface area contributed by atoms with Crippen LogP contribution in [0.25, 0.3) is 0 Å². The highest BCUT2D eigenvalue weighted by Crippen LogP contribution is 2.33. The highest BCUT2D eigenvalue weighted by Gasteiger charge is 2.29. The van der Waals surface area contributed by atoms with E-state index >= 15 is 0 Å².